The number of amides is 1. The summed E-state index contributed by atoms with van der Waals surface area (Å²) in [5.41, 5.74) is 1.28. The van der Waals surface area contributed by atoms with Gasteiger partial charge in [-0.1, -0.05) is 18.6 Å². The minimum Gasteiger partial charge on any atom is -0.497 e. The highest BCUT2D eigenvalue weighted by molar-refractivity contribution is 5.79. The Balaban J connectivity index is 1.68. The minimum atomic E-state index is 0.309. The van der Waals surface area contributed by atoms with E-state index in [2.05, 4.69) is 34.7 Å². The average Bonchev–Trinajstić information content (AvgIpc) is 2.92. The van der Waals surface area contributed by atoms with E-state index in [4.69, 9.17) is 4.74 Å². The lowest BCUT2D eigenvalue weighted by atomic mass is 10.1. The number of hydrogen-bond donors (Lipinski definition) is 2. The predicted molar refractivity (Wildman–Crippen MR) is 115 cm³/mol. The van der Waals surface area contributed by atoms with Crippen LogP contribution in [-0.4, -0.2) is 56.6 Å². The van der Waals surface area contributed by atoms with Gasteiger partial charge in [0.2, 0.25) is 5.91 Å². The summed E-state index contributed by atoms with van der Waals surface area (Å²) in [7, 11) is 1.70. The van der Waals surface area contributed by atoms with E-state index >= 15 is 0 Å². The van der Waals surface area contributed by atoms with Crippen LogP contribution < -0.4 is 15.4 Å². The van der Waals surface area contributed by atoms with Crippen LogP contribution in [-0.2, 0) is 11.2 Å². The Morgan fingerprint density at radius 3 is 2.93 bits per heavy atom. The third kappa shape index (κ3) is 8.19. The first-order chi connectivity index (χ1) is 13.7. The Morgan fingerprint density at radius 2 is 2.11 bits per heavy atom. The molecule has 2 rings (SSSR count). The van der Waals surface area contributed by atoms with Crippen LogP contribution in [0.4, 0.5) is 0 Å². The number of hydrogen-bond acceptors (Lipinski definition) is 3. The molecule has 1 aromatic carbocycles. The van der Waals surface area contributed by atoms with Gasteiger partial charge in [0, 0.05) is 39.1 Å². The Bertz CT molecular complexity index is 618. The molecule has 0 saturated carbocycles. The second kappa shape index (κ2) is 13.0. The first-order valence-corrected chi connectivity index (χ1v) is 10.7. The zero-order chi connectivity index (χ0) is 20.0. The second-order valence-electron chi connectivity index (χ2n) is 7.19. The second-order valence-corrected chi connectivity index (χ2v) is 7.19. The van der Waals surface area contributed by atoms with E-state index in [9.17, 15) is 4.79 Å². The van der Waals surface area contributed by atoms with Gasteiger partial charge in [0.05, 0.1) is 7.11 Å². The highest BCUT2D eigenvalue weighted by Crippen LogP contribution is 2.13. The molecule has 0 aromatic heterocycles. The number of methoxy groups -OCH3 is 1. The summed E-state index contributed by atoms with van der Waals surface area (Å²) in [6, 6.07) is 8.22. The fourth-order valence-corrected chi connectivity index (χ4v) is 3.40. The molecule has 6 heteroatoms. The van der Waals surface area contributed by atoms with Crippen molar-refractivity contribution < 1.29 is 9.53 Å². The number of aliphatic imine (C=N–C) groups is 1. The van der Waals surface area contributed by atoms with Crippen molar-refractivity contribution in [3.63, 3.8) is 0 Å². The number of likely N-dealkylation sites (tertiary alicyclic amines) is 1. The van der Waals surface area contributed by atoms with Crippen molar-refractivity contribution in [2.45, 2.75) is 51.9 Å². The van der Waals surface area contributed by atoms with Gasteiger partial charge in [0.15, 0.2) is 5.96 Å². The molecule has 0 radical (unpaired) electrons. The normalized spacial score (nSPS) is 15.3. The zero-order valence-electron chi connectivity index (χ0n) is 17.5. The summed E-state index contributed by atoms with van der Waals surface area (Å²) in [5, 5.41) is 6.70. The summed E-state index contributed by atoms with van der Waals surface area (Å²) in [6.45, 7) is 6.24. The van der Waals surface area contributed by atoms with Crippen LogP contribution in [0.15, 0.2) is 29.3 Å². The molecule has 0 aliphatic carbocycles. The molecule has 156 valence electrons. The molecule has 1 heterocycles. The summed E-state index contributed by atoms with van der Waals surface area (Å²) in [6.07, 6.45) is 6.99. The SMILES string of the molecule is CCNC(=NCCCN1CCCCCC1=O)NCCCc1cccc(OC)c1. The van der Waals surface area contributed by atoms with Gasteiger partial charge in [0.25, 0.3) is 0 Å². The molecule has 0 unspecified atom stereocenters. The number of ether oxygens (including phenoxy) is 1. The molecule has 0 atom stereocenters. The van der Waals surface area contributed by atoms with Gasteiger partial charge in [-0.15, -0.1) is 0 Å². The van der Waals surface area contributed by atoms with Gasteiger partial charge >= 0.3 is 0 Å². The van der Waals surface area contributed by atoms with Crippen LogP contribution in [0.3, 0.4) is 0 Å². The molecular weight excluding hydrogens is 352 g/mol. The summed E-state index contributed by atoms with van der Waals surface area (Å²) in [4.78, 5) is 18.7. The maximum Gasteiger partial charge on any atom is 0.222 e. The molecule has 1 fully saturated rings. The molecule has 1 aromatic rings. The van der Waals surface area contributed by atoms with Crippen molar-refractivity contribution in [2.75, 3.05) is 39.8 Å². The summed E-state index contributed by atoms with van der Waals surface area (Å²) < 4.78 is 5.27. The lowest BCUT2D eigenvalue weighted by molar-refractivity contribution is -0.130. The average molecular weight is 389 g/mol. The number of aryl methyl sites for hydroxylation is 1. The third-order valence-corrected chi connectivity index (χ3v) is 4.94. The van der Waals surface area contributed by atoms with Crippen molar-refractivity contribution >= 4 is 11.9 Å². The highest BCUT2D eigenvalue weighted by atomic mass is 16.5. The van der Waals surface area contributed by atoms with Crippen LogP contribution in [0.2, 0.25) is 0 Å². The largest absolute Gasteiger partial charge is 0.497 e. The van der Waals surface area contributed by atoms with E-state index in [0.29, 0.717) is 12.3 Å². The lowest BCUT2D eigenvalue weighted by Gasteiger charge is -2.20. The highest BCUT2D eigenvalue weighted by Gasteiger charge is 2.15. The Hall–Kier alpha value is -2.24. The molecule has 1 saturated heterocycles. The first kappa shape index (κ1) is 22.1. The minimum absolute atomic E-state index is 0.309. The lowest BCUT2D eigenvalue weighted by Crippen LogP contribution is -2.38. The molecule has 0 spiro atoms. The quantitative estimate of drug-likeness (QED) is 0.367. The van der Waals surface area contributed by atoms with Crippen LogP contribution in [0.5, 0.6) is 5.75 Å². The third-order valence-electron chi connectivity index (χ3n) is 4.94. The van der Waals surface area contributed by atoms with Gasteiger partial charge in [-0.25, -0.2) is 0 Å². The Kier molecular flexibility index (Phi) is 10.3. The number of guanidine groups is 1. The maximum atomic E-state index is 12.0. The fraction of sp³-hybridized carbons (Fsp3) is 0.636. The fourth-order valence-electron chi connectivity index (χ4n) is 3.40. The van der Waals surface area contributed by atoms with E-state index in [1.54, 1.807) is 7.11 Å². The Labute approximate surface area is 169 Å². The summed E-state index contributed by atoms with van der Waals surface area (Å²) >= 11 is 0. The van der Waals surface area contributed by atoms with Crippen molar-refractivity contribution in [1.29, 1.82) is 0 Å². The van der Waals surface area contributed by atoms with Gasteiger partial charge in [-0.2, -0.15) is 0 Å². The molecule has 1 aliphatic rings. The topological polar surface area (TPSA) is 66.0 Å². The standard InChI is InChI=1S/C22H36N4O2/c1-3-23-22(24-14-8-11-19-10-7-12-20(18-19)28-2)25-15-9-17-26-16-6-4-5-13-21(26)27/h7,10,12,18H,3-6,8-9,11,13-17H2,1-2H3,(H2,23,24,25). The van der Waals surface area contributed by atoms with Crippen molar-refractivity contribution in [3.8, 4) is 5.75 Å². The van der Waals surface area contributed by atoms with E-state index in [-0.39, 0.29) is 0 Å². The molecule has 2 N–H and O–H groups in total. The molecule has 1 amide bonds. The van der Waals surface area contributed by atoms with Gasteiger partial charge in [-0.3, -0.25) is 9.79 Å². The smallest absolute Gasteiger partial charge is 0.222 e. The number of nitrogens with zero attached hydrogens (tertiary/aromatic N) is 2. The number of carbonyl (C=O) groups is 1. The monoisotopic (exact) mass is 388 g/mol. The van der Waals surface area contributed by atoms with E-state index < -0.39 is 0 Å². The van der Waals surface area contributed by atoms with Gasteiger partial charge < -0.3 is 20.3 Å². The number of nitrogens with one attached hydrogen (secondary N) is 2. The van der Waals surface area contributed by atoms with Crippen molar-refractivity contribution in [1.82, 2.24) is 15.5 Å². The van der Waals surface area contributed by atoms with Crippen LogP contribution >= 0.6 is 0 Å². The van der Waals surface area contributed by atoms with Crippen LogP contribution in [0.1, 0.15) is 51.0 Å². The maximum absolute atomic E-state index is 12.0. The van der Waals surface area contributed by atoms with Crippen molar-refractivity contribution in [2.24, 2.45) is 4.99 Å². The molecule has 0 bridgehead atoms. The Morgan fingerprint density at radius 1 is 1.21 bits per heavy atom. The number of carbonyl (C=O) groups excluding carboxylic acids is 1. The molecule has 1 aliphatic heterocycles. The number of rotatable bonds is 10. The van der Waals surface area contributed by atoms with E-state index in [1.165, 1.54) is 12.0 Å². The number of benzene rings is 1. The first-order valence-electron chi connectivity index (χ1n) is 10.7. The van der Waals surface area contributed by atoms with Gasteiger partial charge in [-0.05, 0) is 56.7 Å². The molecular formula is C22H36N4O2. The van der Waals surface area contributed by atoms with Gasteiger partial charge in [0.1, 0.15) is 5.75 Å². The van der Waals surface area contributed by atoms with Crippen LogP contribution in [0, 0.1) is 0 Å². The summed E-state index contributed by atoms with van der Waals surface area (Å²) in [5.74, 6) is 2.07. The van der Waals surface area contributed by atoms with E-state index in [0.717, 1.165) is 76.5 Å². The van der Waals surface area contributed by atoms with E-state index in [1.807, 2.05) is 17.0 Å². The van der Waals surface area contributed by atoms with Crippen LogP contribution in [0.25, 0.3) is 0 Å². The predicted octanol–water partition coefficient (Wildman–Crippen LogP) is 2.98. The zero-order valence-corrected chi connectivity index (χ0v) is 17.5. The molecule has 6 nitrogen and oxygen atoms in total. The molecule has 28 heavy (non-hydrogen) atoms. The van der Waals surface area contributed by atoms with Crippen molar-refractivity contribution in [3.05, 3.63) is 29.8 Å².